The molecule has 0 aliphatic heterocycles. The number of fused-ring (bicyclic) bond motifs is 1. The monoisotopic (exact) mass is 343 g/mol. The number of hydrogen-bond donors (Lipinski definition) is 1. The normalized spacial score (nSPS) is 10.6. The van der Waals surface area contributed by atoms with E-state index in [9.17, 15) is 14.0 Å². The Labute approximate surface area is 141 Å². The van der Waals surface area contributed by atoms with Crippen molar-refractivity contribution in [2.45, 2.75) is 6.54 Å². The van der Waals surface area contributed by atoms with Crippen LogP contribution in [0.5, 0.6) is 11.5 Å². The van der Waals surface area contributed by atoms with Crippen molar-refractivity contribution >= 4 is 17.1 Å². The number of benzene rings is 2. The molecule has 0 atom stereocenters. The van der Waals surface area contributed by atoms with Gasteiger partial charge in [0.2, 0.25) is 5.43 Å². The molecule has 0 spiro atoms. The lowest BCUT2D eigenvalue weighted by Crippen LogP contribution is -2.17. The topological polar surface area (TPSA) is 77.8 Å². The lowest BCUT2D eigenvalue weighted by Gasteiger charge is -2.14. The van der Waals surface area contributed by atoms with Crippen molar-refractivity contribution in [3.05, 3.63) is 70.3 Å². The van der Waals surface area contributed by atoms with E-state index in [1.807, 2.05) is 6.07 Å². The van der Waals surface area contributed by atoms with Gasteiger partial charge in [0.05, 0.1) is 24.2 Å². The Morgan fingerprint density at radius 1 is 1.24 bits per heavy atom. The van der Waals surface area contributed by atoms with Crippen LogP contribution in [0.3, 0.4) is 0 Å². The summed E-state index contributed by atoms with van der Waals surface area (Å²) < 4.78 is 25.5. The van der Waals surface area contributed by atoms with E-state index in [1.165, 1.54) is 36.1 Å². The van der Waals surface area contributed by atoms with Crippen LogP contribution in [0.25, 0.3) is 10.9 Å². The quantitative estimate of drug-likeness (QED) is 0.736. The van der Waals surface area contributed by atoms with E-state index in [1.54, 1.807) is 18.2 Å². The fourth-order valence-electron chi connectivity index (χ4n) is 2.65. The Hall–Kier alpha value is -3.35. The van der Waals surface area contributed by atoms with Gasteiger partial charge in [-0.25, -0.2) is 9.18 Å². The molecule has 3 rings (SSSR count). The fourth-order valence-corrected chi connectivity index (χ4v) is 2.65. The van der Waals surface area contributed by atoms with Crippen LogP contribution in [0.2, 0.25) is 0 Å². The summed E-state index contributed by atoms with van der Waals surface area (Å²) in [6, 6.07) is 11.2. The predicted octanol–water partition coefficient (Wildman–Crippen LogP) is 3.25. The van der Waals surface area contributed by atoms with Gasteiger partial charge in [-0.3, -0.25) is 4.79 Å². The van der Waals surface area contributed by atoms with Crippen LogP contribution in [-0.4, -0.2) is 22.9 Å². The zero-order chi connectivity index (χ0) is 18.0. The largest absolute Gasteiger partial charge is 0.511 e. The summed E-state index contributed by atoms with van der Waals surface area (Å²) in [5.74, 6) is -0.335. The summed E-state index contributed by atoms with van der Waals surface area (Å²) in [4.78, 5) is 23.1. The summed E-state index contributed by atoms with van der Waals surface area (Å²) >= 11 is 0. The van der Waals surface area contributed by atoms with Crippen LogP contribution >= 0.6 is 0 Å². The van der Waals surface area contributed by atoms with E-state index in [0.717, 1.165) is 5.56 Å². The van der Waals surface area contributed by atoms with Crippen LogP contribution in [0.4, 0.5) is 9.18 Å². The first-order valence-corrected chi connectivity index (χ1v) is 7.35. The zero-order valence-corrected chi connectivity index (χ0v) is 13.2. The molecule has 1 heterocycles. The Morgan fingerprint density at radius 3 is 2.72 bits per heavy atom. The van der Waals surface area contributed by atoms with E-state index in [2.05, 4.69) is 4.74 Å². The lowest BCUT2D eigenvalue weighted by molar-refractivity contribution is 0.144. The highest BCUT2D eigenvalue weighted by molar-refractivity contribution is 5.81. The van der Waals surface area contributed by atoms with E-state index in [4.69, 9.17) is 9.84 Å². The summed E-state index contributed by atoms with van der Waals surface area (Å²) in [5.41, 5.74) is 0.181. The number of hydrogen-bond acceptors (Lipinski definition) is 4. The number of nitrogens with zero attached hydrogens (tertiary/aromatic N) is 1. The number of carboxylic acid groups (broad SMARTS) is 1. The van der Waals surface area contributed by atoms with Crippen molar-refractivity contribution < 1.29 is 23.8 Å². The van der Waals surface area contributed by atoms with Crippen LogP contribution in [0, 0.1) is 5.82 Å². The molecule has 2 aromatic carbocycles. The van der Waals surface area contributed by atoms with Gasteiger partial charge in [0.1, 0.15) is 11.6 Å². The molecule has 0 bridgehead atoms. The number of methoxy groups -OCH3 is 1. The first-order valence-electron chi connectivity index (χ1n) is 7.35. The van der Waals surface area contributed by atoms with E-state index < -0.39 is 17.4 Å². The van der Waals surface area contributed by atoms with Gasteiger partial charge in [0.15, 0.2) is 5.75 Å². The average molecular weight is 343 g/mol. The Balaban J connectivity index is 2.19. The summed E-state index contributed by atoms with van der Waals surface area (Å²) in [7, 11) is 1.53. The maximum absolute atomic E-state index is 14.3. The van der Waals surface area contributed by atoms with Crippen LogP contribution in [0.15, 0.2) is 53.5 Å². The maximum Gasteiger partial charge on any atom is 0.511 e. The molecule has 0 amide bonds. The lowest BCUT2D eigenvalue weighted by atomic mass is 10.1. The van der Waals surface area contributed by atoms with Crippen molar-refractivity contribution in [3.63, 3.8) is 0 Å². The van der Waals surface area contributed by atoms with E-state index >= 15 is 0 Å². The second-order valence-corrected chi connectivity index (χ2v) is 5.31. The molecule has 0 aliphatic rings. The van der Waals surface area contributed by atoms with Crippen molar-refractivity contribution in [2.75, 3.05) is 7.11 Å². The molecule has 128 valence electrons. The smallest absolute Gasteiger partial charge is 0.497 e. The van der Waals surface area contributed by atoms with Gasteiger partial charge in [-0.1, -0.05) is 18.2 Å². The first-order chi connectivity index (χ1) is 12.0. The number of aromatic nitrogens is 1. The molecule has 0 radical (unpaired) electrons. The minimum atomic E-state index is -1.61. The van der Waals surface area contributed by atoms with Crippen LogP contribution in [-0.2, 0) is 6.54 Å². The SMILES string of the molecule is COc1cccc(Cn2cc(OC(=O)O)c(=O)c3cccc(F)c32)c1. The standard InChI is InChI=1S/C18H14FNO5/c1-24-12-5-2-4-11(8-12)9-20-10-15(25-18(22)23)17(21)13-6-3-7-14(19)16(13)20/h2-8,10H,9H2,1H3,(H,22,23). The summed E-state index contributed by atoms with van der Waals surface area (Å²) in [6.45, 7) is 0.199. The number of rotatable bonds is 4. The van der Waals surface area contributed by atoms with E-state index in [0.29, 0.717) is 5.75 Å². The van der Waals surface area contributed by atoms with Crippen LogP contribution in [0.1, 0.15) is 5.56 Å². The first kappa shape index (κ1) is 16.5. The molecule has 0 fully saturated rings. The third-order valence-electron chi connectivity index (χ3n) is 3.70. The highest BCUT2D eigenvalue weighted by atomic mass is 19.1. The molecule has 25 heavy (non-hydrogen) atoms. The molecular formula is C18H14FNO5. The molecular weight excluding hydrogens is 329 g/mol. The molecule has 0 unspecified atom stereocenters. The van der Waals surface area contributed by atoms with Gasteiger partial charge in [-0.05, 0) is 29.8 Å². The van der Waals surface area contributed by atoms with Crippen LogP contribution < -0.4 is 14.9 Å². The summed E-state index contributed by atoms with van der Waals surface area (Å²) in [5, 5.41) is 8.85. The second kappa shape index (κ2) is 6.64. The number of pyridine rings is 1. The molecule has 1 aromatic heterocycles. The number of halogens is 1. The third kappa shape index (κ3) is 3.30. The van der Waals surface area contributed by atoms with Crippen molar-refractivity contribution in [3.8, 4) is 11.5 Å². The fraction of sp³-hybridized carbons (Fsp3) is 0.111. The zero-order valence-electron chi connectivity index (χ0n) is 13.2. The molecule has 7 heteroatoms. The minimum Gasteiger partial charge on any atom is -0.497 e. The van der Waals surface area contributed by atoms with Crippen molar-refractivity contribution in [1.82, 2.24) is 4.57 Å². The number of carbonyl (C=O) groups is 1. The third-order valence-corrected chi connectivity index (χ3v) is 3.70. The molecule has 0 saturated carbocycles. The maximum atomic E-state index is 14.3. The Morgan fingerprint density at radius 2 is 2.00 bits per heavy atom. The highest BCUT2D eigenvalue weighted by Crippen LogP contribution is 2.21. The molecule has 6 nitrogen and oxygen atoms in total. The molecule has 0 aliphatic carbocycles. The molecule has 1 N–H and O–H groups in total. The van der Waals surface area contributed by atoms with Gasteiger partial charge in [0.25, 0.3) is 0 Å². The van der Waals surface area contributed by atoms with Gasteiger partial charge in [0, 0.05) is 6.54 Å². The average Bonchev–Trinajstić information content (AvgIpc) is 2.58. The van der Waals surface area contributed by atoms with Gasteiger partial charge >= 0.3 is 6.16 Å². The molecule has 3 aromatic rings. The van der Waals surface area contributed by atoms with Crippen molar-refractivity contribution in [2.24, 2.45) is 0 Å². The Bertz CT molecular complexity index is 1010. The van der Waals surface area contributed by atoms with Crippen molar-refractivity contribution in [1.29, 1.82) is 0 Å². The Kier molecular flexibility index (Phi) is 4.38. The van der Waals surface area contributed by atoms with E-state index in [-0.39, 0.29) is 23.2 Å². The number of ether oxygens (including phenoxy) is 2. The van der Waals surface area contributed by atoms with Gasteiger partial charge in [-0.2, -0.15) is 0 Å². The highest BCUT2D eigenvalue weighted by Gasteiger charge is 2.15. The second-order valence-electron chi connectivity index (χ2n) is 5.31. The van der Waals surface area contributed by atoms with Gasteiger partial charge < -0.3 is 19.1 Å². The molecule has 0 saturated heterocycles. The summed E-state index contributed by atoms with van der Waals surface area (Å²) in [6.07, 6.45) is -0.415. The minimum absolute atomic E-state index is 0.0432. The van der Waals surface area contributed by atoms with Gasteiger partial charge in [-0.15, -0.1) is 0 Å². The number of para-hydroxylation sites is 1. The predicted molar refractivity (Wildman–Crippen MR) is 88.9 cm³/mol.